The van der Waals surface area contributed by atoms with Crippen LogP contribution in [0.1, 0.15) is 22.3 Å². The summed E-state index contributed by atoms with van der Waals surface area (Å²) < 4.78 is 5.89. The molecule has 0 fully saturated rings. The van der Waals surface area contributed by atoms with Gasteiger partial charge in [-0.05, 0) is 56.2 Å². The second-order valence-electron chi connectivity index (χ2n) is 4.71. The predicted octanol–water partition coefficient (Wildman–Crippen LogP) is 4.04. The first-order chi connectivity index (χ1) is 8.97. The molecule has 0 aliphatic carbocycles. The summed E-state index contributed by atoms with van der Waals surface area (Å²) in [6, 6.07) is 11.8. The van der Waals surface area contributed by atoms with Gasteiger partial charge in [0.25, 0.3) is 0 Å². The molecule has 2 rings (SSSR count). The van der Waals surface area contributed by atoms with Crippen LogP contribution in [0.15, 0.2) is 36.4 Å². The van der Waals surface area contributed by atoms with Crippen LogP contribution in [0.4, 0.5) is 0 Å². The van der Waals surface area contributed by atoms with Crippen LogP contribution >= 0.6 is 12.2 Å². The number of nitrogens with two attached hydrogens (primary N) is 1. The van der Waals surface area contributed by atoms with Crippen LogP contribution in [-0.4, -0.2) is 4.99 Å². The van der Waals surface area contributed by atoms with Crippen molar-refractivity contribution >= 4 is 17.2 Å². The number of hydrogen-bond donors (Lipinski definition) is 1. The Hall–Kier alpha value is -1.87. The van der Waals surface area contributed by atoms with Crippen molar-refractivity contribution in [2.75, 3.05) is 0 Å². The molecule has 2 nitrogen and oxygen atoms in total. The van der Waals surface area contributed by atoms with E-state index in [4.69, 9.17) is 22.7 Å². The lowest BCUT2D eigenvalue weighted by Crippen LogP contribution is -2.11. The summed E-state index contributed by atoms with van der Waals surface area (Å²) in [6.45, 7) is 6.14. The van der Waals surface area contributed by atoms with Gasteiger partial charge in [0.15, 0.2) is 0 Å². The average molecular weight is 271 g/mol. The number of aryl methyl sites for hydroxylation is 3. The van der Waals surface area contributed by atoms with E-state index in [0.29, 0.717) is 10.7 Å². The summed E-state index contributed by atoms with van der Waals surface area (Å²) in [5.74, 6) is 1.49. The molecular weight excluding hydrogens is 254 g/mol. The van der Waals surface area contributed by atoms with Crippen LogP contribution in [0.5, 0.6) is 11.5 Å². The predicted molar refractivity (Wildman–Crippen MR) is 83.1 cm³/mol. The van der Waals surface area contributed by atoms with Crippen LogP contribution in [0, 0.1) is 20.8 Å². The fraction of sp³-hybridized carbons (Fsp3) is 0.188. The van der Waals surface area contributed by atoms with Crippen molar-refractivity contribution in [3.8, 4) is 11.5 Å². The molecule has 2 aromatic carbocycles. The molecule has 0 aliphatic heterocycles. The molecule has 0 aromatic heterocycles. The molecule has 0 amide bonds. The SMILES string of the molecule is Cc1ccc(Oc2ccc(C)c(C)c2)c(C(N)=S)c1. The molecule has 0 bridgehead atoms. The van der Waals surface area contributed by atoms with Crippen molar-refractivity contribution in [2.45, 2.75) is 20.8 Å². The van der Waals surface area contributed by atoms with Crippen molar-refractivity contribution in [2.24, 2.45) is 5.73 Å². The Labute approximate surface area is 119 Å². The minimum atomic E-state index is 0.350. The third-order valence-electron chi connectivity index (χ3n) is 3.11. The smallest absolute Gasteiger partial charge is 0.137 e. The number of hydrogen-bond acceptors (Lipinski definition) is 2. The highest BCUT2D eigenvalue weighted by Crippen LogP contribution is 2.27. The topological polar surface area (TPSA) is 35.2 Å². The molecular formula is C16H17NOS. The van der Waals surface area contributed by atoms with E-state index in [9.17, 15) is 0 Å². The van der Waals surface area contributed by atoms with Gasteiger partial charge in [-0.15, -0.1) is 0 Å². The third kappa shape index (κ3) is 3.12. The van der Waals surface area contributed by atoms with Gasteiger partial charge >= 0.3 is 0 Å². The van der Waals surface area contributed by atoms with Gasteiger partial charge in [0.05, 0.1) is 5.56 Å². The Bertz CT molecular complexity index is 635. The third-order valence-corrected chi connectivity index (χ3v) is 3.33. The second-order valence-corrected chi connectivity index (χ2v) is 5.15. The van der Waals surface area contributed by atoms with Gasteiger partial charge in [0.2, 0.25) is 0 Å². The molecule has 0 saturated carbocycles. The van der Waals surface area contributed by atoms with Crippen LogP contribution in [0.3, 0.4) is 0 Å². The lowest BCUT2D eigenvalue weighted by atomic mass is 10.1. The number of thiocarbonyl (C=S) groups is 1. The molecule has 3 heteroatoms. The van der Waals surface area contributed by atoms with E-state index in [1.54, 1.807) is 0 Å². The monoisotopic (exact) mass is 271 g/mol. The molecule has 0 atom stereocenters. The average Bonchev–Trinajstić information content (AvgIpc) is 2.36. The summed E-state index contributed by atoms with van der Waals surface area (Å²) in [7, 11) is 0. The van der Waals surface area contributed by atoms with Crippen LogP contribution in [-0.2, 0) is 0 Å². The highest BCUT2D eigenvalue weighted by molar-refractivity contribution is 7.80. The summed E-state index contributed by atoms with van der Waals surface area (Å²) in [5, 5.41) is 0. The highest BCUT2D eigenvalue weighted by atomic mass is 32.1. The zero-order valence-electron chi connectivity index (χ0n) is 11.4. The number of ether oxygens (including phenoxy) is 1. The first-order valence-corrected chi connectivity index (χ1v) is 6.54. The molecule has 0 heterocycles. The quantitative estimate of drug-likeness (QED) is 0.856. The van der Waals surface area contributed by atoms with Crippen molar-refractivity contribution in [1.29, 1.82) is 0 Å². The molecule has 98 valence electrons. The van der Waals surface area contributed by atoms with E-state index >= 15 is 0 Å². The molecule has 0 spiro atoms. The van der Waals surface area contributed by atoms with Gasteiger partial charge in [0, 0.05) is 0 Å². The Morgan fingerprint density at radius 3 is 2.37 bits per heavy atom. The summed E-state index contributed by atoms with van der Waals surface area (Å²) in [6.07, 6.45) is 0. The maximum Gasteiger partial charge on any atom is 0.137 e. The standard InChI is InChI=1S/C16H17NOS/c1-10-4-7-15(14(8-10)16(17)19)18-13-6-5-11(2)12(3)9-13/h4-9H,1-3H3,(H2,17,19). The van der Waals surface area contributed by atoms with E-state index in [0.717, 1.165) is 16.9 Å². The Kier molecular flexibility index (Phi) is 3.86. The first kappa shape index (κ1) is 13.6. The number of benzene rings is 2. The fourth-order valence-corrected chi connectivity index (χ4v) is 1.99. The zero-order chi connectivity index (χ0) is 14.0. The van der Waals surface area contributed by atoms with Gasteiger partial charge in [-0.3, -0.25) is 0 Å². The molecule has 0 radical (unpaired) electrons. The lowest BCUT2D eigenvalue weighted by Gasteiger charge is -2.12. The van der Waals surface area contributed by atoms with Gasteiger partial charge in [-0.25, -0.2) is 0 Å². The minimum Gasteiger partial charge on any atom is -0.457 e. The Balaban J connectivity index is 2.37. The van der Waals surface area contributed by atoms with E-state index in [1.807, 2.05) is 43.3 Å². The molecule has 0 aliphatic rings. The first-order valence-electron chi connectivity index (χ1n) is 6.13. The largest absolute Gasteiger partial charge is 0.457 e. The van der Waals surface area contributed by atoms with Crippen LogP contribution in [0.25, 0.3) is 0 Å². The van der Waals surface area contributed by atoms with E-state index in [1.165, 1.54) is 11.1 Å². The van der Waals surface area contributed by atoms with Crippen LogP contribution in [0.2, 0.25) is 0 Å². The fourth-order valence-electron chi connectivity index (χ4n) is 1.83. The number of rotatable bonds is 3. The second kappa shape index (κ2) is 5.41. The molecule has 0 unspecified atom stereocenters. The van der Waals surface area contributed by atoms with Crippen molar-refractivity contribution in [1.82, 2.24) is 0 Å². The molecule has 2 N–H and O–H groups in total. The molecule has 0 saturated heterocycles. The Morgan fingerprint density at radius 1 is 1.00 bits per heavy atom. The van der Waals surface area contributed by atoms with Gasteiger partial charge in [-0.1, -0.05) is 29.9 Å². The maximum absolute atomic E-state index is 5.89. The maximum atomic E-state index is 5.89. The Morgan fingerprint density at radius 2 is 1.74 bits per heavy atom. The normalized spacial score (nSPS) is 10.3. The van der Waals surface area contributed by atoms with Crippen molar-refractivity contribution in [3.63, 3.8) is 0 Å². The van der Waals surface area contributed by atoms with E-state index < -0.39 is 0 Å². The summed E-state index contributed by atoms with van der Waals surface area (Å²) >= 11 is 5.07. The summed E-state index contributed by atoms with van der Waals surface area (Å²) in [5.41, 5.74) is 10.1. The minimum absolute atomic E-state index is 0.350. The van der Waals surface area contributed by atoms with Gasteiger partial charge in [-0.2, -0.15) is 0 Å². The highest BCUT2D eigenvalue weighted by Gasteiger charge is 2.08. The van der Waals surface area contributed by atoms with Crippen molar-refractivity contribution < 1.29 is 4.74 Å². The lowest BCUT2D eigenvalue weighted by molar-refractivity contribution is 0.481. The van der Waals surface area contributed by atoms with E-state index in [-0.39, 0.29) is 0 Å². The zero-order valence-corrected chi connectivity index (χ0v) is 12.2. The molecule has 2 aromatic rings. The summed E-state index contributed by atoms with van der Waals surface area (Å²) in [4.78, 5) is 0.350. The van der Waals surface area contributed by atoms with Crippen LogP contribution < -0.4 is 10.5 Å². The van der Waals surface area contributed by atoms with Crippen molar-refractivity contribution in [3.05, 3.63) is 58.7 Å². The van der Waals surface area contributed by atoms with Gasteiger partial charge < -0.3 is 10.5 Å². The van der Waals surface area contributed by atoms with E-state index in [2.05, 4.69) is 13.8 Å². The molecule has 19 heavy (non-hydrogen) atoms. The van der Waals surface area contributed by atoms with Gasteiger partial charge in [0.1, 0.15) is 16.5 Å².